The first-order chi connectivity index (χ1) is 11.1. The fourth-order valence-electron chi connectivity index (χ4n) is 2.95. The van der Waals surface area contributed by atoms with E-state index in [1.54, 1.807) is 11.3 Å². The standard InChI is InChI=1S/C18H25N3OS/c1-13-3-5-15(6-4-13)17(22)11-19-16-7-9-21(10-8-16)18-20-14(2)12-23-18/h3-6,12,16-17,19,22H,7-11H2,1-2H3. The summed E-state index contributed by atoms with van der Waals surface area (Å²) in [6, 6.07) is 8.59. The van der Waals surface area contributed by atoms with Crippen LogP contribution in [-0.2, 0) is 0 Å². The molecule has 23 heavy (non-hydrogen) atoms. The molecule has 1 fully saturated rings. The smallest absolute Gasteiger partial charge is 0.185 e. The molecule has 0 aliphatic carbocycles. The average Bonchev–Trinajstić information content (AvgIpc) is 3.00. The maximum atomic E-state index is 10.3. The number of hydrogen-bond donors (Lipinski definition) is 2. The van der Waals surface area contributed by atoms with Crippen LogP contribution in [0.3, 0.4) is 0 Å². The first-order valence-corrected chi connectivity index (χ1v) is 9.15. The molecule has 1 aromatic heterocycles. The van der Waals surface area contributed by atoms with Gasteiger partial charge in [-0.1, -0.05) is 29.8 Å². The maximum absolute atomic E-state index is 10.3. The molecule has 1 atom stereocenters. The monoisotopic (exact) mass is 331 g/mol. The van der Waals surface area contributed by atoms with Gasteiger partial charge in [-0.05, 0) is 32.3 Å². The summed E-state index contributed by atoms with van der Waals surface area (Å²) in [6.45, 7) is 6.79. The Morgan fingerprint density at radius 2 is 1.96 bits per heavy atom. The highest BCUT2D eigenvalue weighted by Gasteiger charge is 2.21. The Morgan fingerprint density at radius 1 is 1.26 bits per heavy atom. The Balaban J connectivity index is 1.44. The highest BCUT2D eigenvalue weighted by atomic mass is 32.1. The van der Waals surface area contributed by atoms with E-state index in [9.17, 15) is 5.11 Å². The Labute approximate surface area is 142 Å². The third-order valence-corrected chi connectivity index (χ3v) is 5.45. The van der Waals surface area contributed by atoms with Gasteiger partial charge in [0.1, 0.15) is 0 Å². The molecule has 2 aromatic rings. The van der Waals surface area contributed by atoms with E-state index < -0.39 is 6.10 Å². The molecule has 3 rings (SSSR count). The second-order valence-electron chi connectivity index (χ2n) is 6.37. The molecule has 1 unspecified atom stereocenters. The SMILES string of the molecule is Cc1ccc(C(O)CNC2CCN(c3nc(C)cs3)CC2)cc1. The van der Waals surface area contributed by atoms with Gasteiger partial charge >= 0.3 is 0 Å². The summed E-state index contributed by atoms with van der Waals surface area (Å²) >= 11 is 1.73. The predicted molar refractivity (Wildman–Crippen MR) is 96.2 cm³/mol. The van der Waals surface area contributed by atoms with Crippen LogP contribution in [0.1, 0.15) is 35.8 Å². The van der Waals surface area contributed by atoms with E-state index in [2.05, 4.69) is 27.5 Å². The number of aliphatic hydroxyl groups is 1. The number of aliphatic hydroxyl groups excluding tert-OH is 1. The molecule has 2 N–H and O–H groups in total. The van der Waals surface area contributed by atoms with Crippen molar-refractivity contribution in [3.63, 3.8) is 0 Å². The fourth-order valence-corrected chi connectivity index (χ4v) is 3.80. The van der Waals surface area contributed by atoms with E-state index in [-0.39, 0.29) is 0 Å². The van der Waals surface area contributed by atoms with Crippen molar-refractivity contribution in [2.45, 2.75) is 38.8 Å². The minimum absolute atomic E-state index is 0.435. The van der Waals surface area contributed by atoms with Crippen molar-refractivity contribution in [1.82, 2.24) is 10.3 Å². The molecule has 4 nitrogen and oxygen atoms in total. The summed E-state index contributed by atoms with van der Waals surface area (Å²) in [6.07, 6.45) is 1.76. The van der Waals surface area contributed by atoms with Crippen LogP contribution in [0.5, 0.6) is 0 Å². The summed E-state index contributed by atoms with van der Waals surface area (Å²) in [4.78, 5) is 6.93. The topological polar surface area (TPSA) is 48.4 Å². The van der Waals surface area contributed by atoms with Crippen molar-refractivity contribution in [2.24, 2.45) is 0 Å². The number of aromatic nitrogens is 1. The van der Waals surface area contributed by atoms with E-state index >= 15 is 0 Å². The van der Waals surface area contributed by atoms with Crippen LogP contribution >= 0.6 is 11.3 Å². The van der Waals surface area contributed by atoms with E-state index in [0.29, 0.717) is 12.6 Å². The number of nitrogens with zero attached hydrogens (tertiary/aromatic N) is 2. The Kier molecular flexibility index (Phi) is 5.30. The Morgan fingerprint density at radius 3 is 2.57 bits per heavy atom. The number of anilines is 1. The zero-order valence-corrected chi connectivity index (χ0v) is 14.6. The lowest BCUT2D eigenvalue weighted by molar-refractivity contribution is 0.167. The van der Waals surface area contributed by atoms with Crippen LogP contribution in [0.15, 0.2) is 29.6 Å². The van der Waals surface area contributed by atoms with Crippen LogP contribution in [0.25, 0.3) is 0 Å². The van der Waals surface area contributed by atoms with E-state index in [1.165, 1.54) is 5.56 Å². The first-order valence-electron chi connectivity index (χ1n) is 8.27. The lowest BCUT2D eigenvalue weighted by atomic mass is 10.0. The minimum Gasteiger partial charge on any atom is -0.387 e. The average molecular weight is 331 g/mol. The van der Waals surface area contributed by atoms with Crippen molar-refractivity contribution < 1.29 is 5.11 Å². The van der Waals surface area contributed by atoms with Crippen LogP contribution in [-0.4, -0.2) is 35.8 Å². The summed E-state index contributed by atoms with van der Waals surface area (Å²) in [7, 11) is 0. The largest absolute Gasteiger partial charge is 0.387 e. The second kappa shape index (κ2) is 7.43. The van der Waals surface area contributed by atoms with Gasteiger partial charge in [0.25, 0.3) is 0 Å². The molecule has 0 saturated carbocycles. The predicted octanol–water partition coefficient (Wildman–Crippen LogP) is 3.05. The van der Waals surface area contributed by atoms with Crippen molar-refractivity contribution in [1.29, 1.82) is 0 Å². The fraction of sp³-hybridized carbons (Fsp3) is 0.500. The number of piperidine rings is 1. The number of hydrogen-bond acceptors (Lipinski definition) is 5. The molecule has 1 aliphatic rings. The summed E-state index contributed by atoms with van der Waals surface area (Å²) < 4.78 is 0. The lowest BCUT2D eigenvalue weighted by Crippen LogP contribution is -2.43. The van der Waals surface area contributed by atoms with Gasteiger partial charge in [-0.25, -0.2) is 4.98 Å². The van der Waals surface area contributed by atoms with Gasteiger partial charge in [-0.15, -0.1) is 11.3 Å². The molecule has 1 saturated heterocycles. The van der Waals surface area contributed by atoms with E-state index in [0.717, 1.165) is 42.3 Å². The van der Waals surface area contributed by atoms with Gasteiger partial charge in [0, 0.05) is 31.1 Å². The summed E-state index contributed by atoms with van der Waals surface area (Å²) in [5.74, 6) is 0. The quantitative estimate of drug-likeness (QED) is 0.884. The van der Waals surface area contributed by atoms with Gasteiger partial charge < -0.3 is 15.3 Å². The lowest BCUT2D eigenvalue weighted by Gasteiger charge is -2.32. The number of nitrogens with one attached hydrogen (secondary N) is 1. The van der Waals surface area contributed by atoms with Gasteiger partial charge in [-0.2, -0.15) is 0 Å². The van der Waals surface area contributed by atoms with Crippen LogP contribution in [0.2, 0.25) is 0 Å². The van der Waals surface area contributed by atoms with Gasteiger partial charge in [-0.3, -0.25) is 0 Å². The molecule has 2 heterocycles. The number of thiazole rings is 1. The maximum Gasteiger partial charge on any atom is 0.185 e. The summed E-state index contributed by atoms with van der Waals surface area (Å²) in [5.41, 5.74) is 3.31. The van der Waals surface area contributed by atoms with Crippen molar-refractivity contribution >= 4 is 16.5 Å². The molecule has 1 aliphatic heterocycles. The van der Waals surface area contributed by atoms with Crippen LogP contribution in [0, 0.1) is 13.8 Å². The Hall–Kier alpha value is -1.43. The molecule has 0 bridgehead atoms. The third-order valence-electron chi connectivity index (χ3n) is 4.43. The number of benzene rings is 1. The molecule has 1 aromatic carbocycles. The van der Waals surface area contributed by atoms with Gasteiger partial charge in [0.05, 0.1) is 11.8 Å². The van der Waals surface area contributed by atoms with Gasteiger partial charge in [0.2, 0.25) is 0 Å². The van der Waals surface area contributed by atoms with E-state index in [4.69, 9.17) is 0 Å². The molecule has 0 radical (unpaired) electrons. The first kappa shape index (κ1) is 16.4. The molecule has 124 valence electrons. The highest BCUT2D eigenvalue weighted by molar-refractivity contribution is 7.13. The number of rotatable bonds is 5. The van der Waals surface area contributed by atoms with E-state index in [1.807, 2.05) is 31.2 Å². The van der Waals surface area contributed by atoms with Crippen molar-refractivity contribution in [3.8, 4) is 0 Å². The second-order valence-corrected chi connectivity index (χ2v) is 7.20. The molecular formula is C18H25N3OS. The number of aryl methyl sites for hydroxylation is 2. The van der Waals surface area contributed by atoms with Gasteiger partial charge in [0.15, 0.2) is 5.13 Å². The molecular weight excluding hydrogens is 306 g/mol. The highest BCUT2D eigenvalue weighted by Crippen LogP contribution is 2.24. The minimum atomic E-state index is -0.435. The molecule has 0 spiro atoms. The molecule has 5 heteroatoms. The molecule has 0 amide bonds. The zero-order valence-electron chi connectivity index (χ0n) is 13.8. The van der Waals surface area contributed by atoms with Crippen molar-refractivity contribution in [2.75, 3.05) is 24.5 Å². The Bertz CT molecular complexity index is 617. The van der Waals surface area contributed by atoms with Crippen LogP contribution < -0.4 is 10.2 Å². The summed E-state index contributed by atoms with van der Waals surface area (Å²) in [5, 5.41) is 17.1. The normalized spacial score (nSPS) is 17.4. The third kappa shape index (κ3) is 4.31. The van der Waals surface area contributed by atoms with Crippen molar-refractivity contribution in [3.05, 3.63) is 46.5 Å². The van der Waals surface area contributed by atoms with Crippen LogP contribution in [0.4, 0.5) is 5.13 Å². The zero-order chi connectivity index (χ0) is 16.2.